The van der Waals surface area contributed by atoms with Gasteiger partial charge in [0.1, 0.15) is 0 Å². The number of benzene rings is 2. The first-order chi connectivity index (χ1) is 13.5. The van der Waals surface area contributed by atoms with E-state index in [0.29, 0.717) is 18.7 Å². The predicted molar refractivity (Wildman–Crippen MR) is 116 cm³/mol. The summed E-state index contributed by atoms with van der Waals surface area (Å²) in [5, 5.41) is 5.18. The van der Waals surface area contributed by atoms with Crippen LogP contribution in [0.1, 0.15) is 16.1 Å². The smallest absolute Gasteiger partial charge is 0.257 e. The van der Waals surface area contributed by atoms with Gasteiger partial charge in [-0.25, -0.2) is 4.68 Å². The van der Waals surface area contributed by atoms with Crippen LogP contribution in [0.4, 0.5) is 5.69 Å². The van der Waals surface area contributed by atoms with Gasteiger partial charge in [-0.05, 0) is 43.3 Å². The monoisotopic (exact) mass is 458 g/mol. The van der Waals surface area contributed by atoms with E-state index in [2.05, 4.69) is 25.9 Å². The molecule has 0 radical (unpaired) electrons. The summed E-state index contributed by atoms with van der Waals surface area (Å²) in [6.07, 6.45) is 1.67. The fraction of sp³-hybridized carbons (Fsp3) is 0.238. The van der Waals surface area contributed by atoms with E-state index in [0.717, 1.165) is 39.7 Å². The number of carbonyl (C=O) groups excluding carboxylic acids is 1. The molecule has 0 spiro atoms. The fourth-order valence-electron chi connectivity index (χ4n) is 3.49. The SMILES string of the molecule is Cc1c(C(=O)N2CCN(c3ccccc3Cl)CC2)cnn1-c1ccc(Br)cc1. The van der Waals surface area contributed by atoms with Crippen molar-refractivity contribution in [1.82, 2.24) is 14.7 Å². The van der Waals surface area contributed by atoms with E-state index in [4.69, 9.17) is 11.6 Å². The summed E-state index contributed by atoms with van der Waals surface area (Å²) in [6.45, 7) is 4.77. The standard InChI is InChI=1S/C21H20BrClN4O/c1-15-18(14-24-27(15)17-8-6-16(22)7-9-17)21(28)26-12-10-25(11-13-26)20-5-3-2-4-19(20)23/h2-9,14H,10-13H2,1H3. The molecule has 1 aliphatic heterocycles. The third-order valence-electron chi connectivity index (χ3n) is 5.07. The number of piperazine rings is 1. The zero-order chi connectivity index (χ0) is 19.7. The van der Waals surface area contributed by atoms with Crippen molar-refractivity contribution in [3.05, 3.63) is 75.5 Å². The van der Waals surface area contributed by atoms with Crippen LogP contribution in [0.25, 0.3) is 5.69 Å². The Labute approximate surface area is 177 Å². The van der Waals surface area contributed by atoms with Gasteiger partial charge in [0, 0.05) is 30.7 Å². The fourth-order valence-corrected chi connectivity index (χ4v) is 4.01. The molecule has 0 bridgehead atoms. The van der Waals surface area contributed by atoms with Gasteiger partial charge in [-0.2, -0.15) is 5.10 Å². The van der Waals surface area contributed by atoms with E-state index in [-0.39, 0.29) is 5.91 Å². The first kappa shape index (κ1) is 19.0. The lowest BCUT2D eigenvalue weighted by Crippen LogP contribution is -2.49. The number of halogens is 2. The quantitative estimate of drug-likeness (QED) is 0.576. The lowest BCUT2D eigenvalue weighted by Gasteiger charge is -2.36. The average molecular weight is 460 g/mol. The van der Waals surface area contributed by atoms with E-state index in [1.54, 1.807) is 10.9 Å². The van der Waals surface area contributed by atoms with Gasteiger partial charge in [0.15, 0.2) is 0 Å². The molecule has 5 nitrogen and oxygen atoms in total. The largest absolute Gasteiger partial charge is 0.367 e. The Bertz CT molecular complexity index is 994. The maximum atomic E-state index is 13.0. The molecule has 144 valence electrons. The van der Waals surface area contributed by atoms with Gasteiger partial charge in [-0.3, -0.25) is 4.79 Å². The van der Waals surface area contributed by atoms with Crippen LogP contribution < -0.4 is 4.90 Å². The Kier molecular flexibility index (Phi) is 5.42. The Hall–Kier alpha value is -2.31. The molecule has 1 aliphatic rings. The van der Waals surface area contributed by atoms with E-state index in [9.17, 15) is 4.79 Å². The minimum Gasteiger partial charge on any atom is -0.367 e. The molecule has 0 unspecified atom stereocenters. The highest BCUT2D eigenvalue weighted by Crippen LogP contribution is 2.26. The normalized spacial score (nSPS) is 14.4. The number of aromatic nitrogens is 2. The van der Waals surface area contributed by atoms with Crippen LogP contribution in [0.5, 0.6) is 0 Å². The molecular formula is C21H20BrClN4O. The zero-order valence-electron chi connectivity index (χ0n) is 15.5. The van der Waals surface area contributed by atoms with Crippen molar-refractivity contribution in [2.24, 2.45) is 0 Å². The zero-order valence-corrected chi connectivity index (χ0v) is 17.8. The minimum absolute atomic E-state index is 0.0275. The molecule has 7 heteroatoms. The summed E-state index contributed by atoms with van der Waals surface area (Å²) in [6, 6.07) is 15.7. The molecule has 3 aromatic rings. The summed E-state index contributed by atoms with van der Waals surface area (Å²) in [7, 11) is 0. The minimum atomic E-state index is 0.0275. The van der Waals surface area contributed by atoms with Gasteiger partial charge >= 0.3 is 0 Å². The number of hydrogen-bond donors (Lipinski definition) is 0. The second-order valence-electron chi connectivity index (χ2n) is 6.76. The third kappa shape index (κ3) is 3.66. The lowest BCUT2D eigenvalue weighted by atomic mass is 10.2. The Morgan fingerprint density at radius 2 is 1.71 bits per heavy atom. The Balaban J connectivity index is 1.47. The third-order valence-corrected chi connectivity index (χ3v) is 5.92. The number of hydrogen-bond acceptors (Lipinski definition) is 3. The summed E-state index contributed by atoms with van der Waals surface area (Å²) >= 11 is 9.75. The molecule has 0 N–H and O–H groups in total. The summed E-state index contributed by atoms with van der Waals surface area (Å²) in [4.78, 5) is 17.2. The molecule has 0 atom stereocenters. The number of rotatable bonds is 3. The summed E-state index contributed by atoms with van der Waals surface area (Å²) in [5.41, 5.74) is 3.45. The van der Waals surface area contributed by atoms with Crippen LogP contribution in [0, 0.1) is 6.92 Å². The van der Waals surface area contributed by atoms with Crippen molar-refractivity contribution in [1.29, 1.82) is 0 Å². The van der Waals surface area contributed by atoms with Crippen LogP contribution in [-0.4, -0.2) is 46.8 Å². The second kappa shape index (κ2) is 7.97. The van der Waals surface area contributed by atoms with Crippen LogP contribution in [0.2, 0.25) is 5.02 Å². The number of nitrogens with zero attached hydrogens (tertiary/aromatic N) is 4. The topological polar surface area (TPSA) is 41.4 Å². The highest BCUT2D eigenvalue weighted by molar-refractivity contribution is 9.10. The molecule has 0 saturated carbocycles. The molecule has 4 rings (SSSR count). The lowest BCUT2D eigenvalue weighted by molar-refractivity contribution is 0.0746. The average Bonchev–Trinajstić information content (AvgIpc) is 3.10. The van der Waals surface area contributed by atoms with Crippen molar-refractivity contribution < 1.29 is 4.79 Å². The second-order valence-corrected chi connectivity index (χ2v) is 8.09. The van der Waals surface area contributed by atoms with Crippen molar-refractivity contribution in [3.8, 4) is 5.69 Å². The number of carbonyl (C=O) groups is 1. The van der Waals surface area contributed by atoms with Crippen LogP contribution in [0.15, 0.2) is 59.2 Å². The molecule has 1 aromatic heterocycles. The van der Waals surface area contributed by atoms with Crippen LogP contribution in [0.3, 0.4) is 0 Å². The molecular weight excluding hydrogens is 440 g/mol. The van der Waals surface area contributed by atoms with Crippen molar-refractivity contribution in [3.63, 3.8) is 0 Å². The molecule has 1 fully saturated rings. The highest BCUT2D eigenvalue weighted by Gasteiger charge is 2.25. The van der Waals surface area contributed by atoms with Crippen molar-refractivity contribution >= 4 is 39.1 Å². The van der Waals surface area contributed by atoms with E-state index in [1.807, 2.05) is 60.4 Å². The summed E-state index contributed by atoms with van der Waals surface area (Å²) < 4.78 is 2.81. The van der Waals surface area contributed by atoms with E-state index < -0.39 is 0 Å². The van der Waals surface area contributed by atoms with Gasteiger partial charge in [0.05, 0.1) is 33.9 Å². The van der Waals surface area contributed by atoms with Crippen LogP contribution in [-0.2, 0) is 0 Å². The molecule has 0 aliphatic carbocycles. The van der Waals surface area contributed by atoms with Crippen molar-refractivity contribution in [2.45, 2.75) is 6.92 Å². The highest BCUT2D eigenvalue weighted by atomic mass is 79.9. The molecule has 1 saturated heterocycles. The molecule has 28 heavy (non-hydrogen) atoms. The predicted octanol–water partition coefficient (Wildman–Crippen LogP) is 4.56. The van der Waals surface area contributed by atoms with E-state index in [1.165, 1.54) is 0 Å². The molecule has 2 aromatic carbocycles. The Morgan fingerprint density at radius 1 is 1.04 bits per heavy atom. The van der Waals surface area contributed by atoms with Gasteiger partial charge < -0.3 is 9.80 Å². The number of anilines is 1. The Morgan fingerprint density at radius 3 is 2.39 bits per heavy atom. The maximum Gasteiger partial charge on any atom is 0.257 e. The molecule has 1 amide bonds. The first-order valence-corrected chi connectivity index (χ1v) is 10.3. The summed E-state index contributed by atoms with van der Waals surface area (Å²) in [5.74, 6) is 0.0275. The van der Waals surface area contributed by atoms with Crippen LogP contribution >= 0.6 is 27.5 Å². The first-order valence-electron chi connectivity index (χ1n) is 9.14. The number of para-hydroxylation sites is 1. The van der Waals surface area contributed by atoms with Gasteiger partial charge in [0.2, 0.25) is 0 Å². The van der Waals surface area contributed by atoms with Gasteiger partial charge in [0.25, 0.3) is 5.91 Å². The van der Waals surface area contributed by atoms with Gasteiger partial charge in [-0.15, -0.1) is 0 Å². The van der Waals surface area contributed by atoms with Gasteiger partial charge in [-0.1, -0.05) is 39.7 Å². The van der Waals surface area contributed by atoms with E-state index >= 15 is 0 Å². The number of amides is 1. The molecule has 2 heterocycles. The van der Waals surface area contributed by atoms with Crippen molar-refractivity contribution in [2.75, 3.05) is 31.1 Å². The maximum absolute atomic E-state index is 13.0.